The van der Waals surface area contributed by atoms with Crippen molar-refractivity contribution in [2.75, 3.05) is 19.6 Å². The van der Waals surface area contributed by atoms with Gasteiger partial charge in [-0.15, -0.1) is 0 Å². The van der Waals surface area contributed by atoms with E-state index in [1.54, 1.807) is 0 Å². The summed E-state index contributed by atoms with van der Waals surface area (Å²) in [5.41, 5.74) is 5.61. The summed E-state index contributed by atoms with van der Waals surface area (Å²) in [5.74, 6) is 0.722. The van der Waals surface area contributed by atoms with Crippen molar-refractivity contribution in [1.29, 1.82) is 0 Å². The van der Waals surface area contributed by atoms with Crippen molar-refractivity contribution in [3.63, 3.8) is 0 Å². The van der Waals surface area contributed by atoms with Crippen LogP contribution in [0.25, 0.3) is 0 Å². The van der Waals surface area contributed by atoms with Crippen LogP contribution >= 0.6 is 0 Å². The molecule has 1 aliphatic heterocycles. The lowest BCUT2D eigenvalue weighted by atomic mass is 10.1. The summed E-state index contributed by atoms with van der Waals surface area (Å²) < 4.78 is 0. The van der Waals surface area contributed by atoms with E-state index in [1.165, 1.54) is 44.9 Å². The SMILES string of the molecule is CCCCCCCCCCN1CC(CN)CC1=O. The normalized spacial score (nSPS) is 19.8. The first-order valence-electron chi connectivity index (χ1n) is 7.75. The standard InChI is InChI=1S/C15H30N2O/c1-2-3-4-5-6-7-8-9-10-17-13-14(12-16)11-15(17)18/h14H,2-13,16H2,1H3. The molecule has 1 aliphatic rings. The lowest BCUT2D eigenvalue weighted by molar-refractivity contribution is -0.127. The zero-order valence-corrected chi connectivity index (χ0v) is 12.0. The van der Waals surface area contributed by atoms with Crippen molar-refractivity contribution in [2.45, 2.75) is 64.7 Å². The second-order valence-electron chi connectivity index (χ2n) is 5.62. The first-order valence-corrected chi connectivity index (χ1v) is 7.75. The predicted molar refractivity (Wildman–Crippen MR) is 76.4 cm³/mol. The van der Waals surface area contributed by atoms with Crippen LogP contribution in [0.4, 0.5) is 0 Å². The molecule has 0 radical (unpaired) electrons. The Morgan fingerprint density at radius 3 is 2.28 bits per heavy atom. The van der Waals surface area contributed by atoms with Gasteiger partial charge in [0.1, 0.15) is 0 Å². The topological polar surface area (TPSA) is 46.3 Å². The van der Waals surface area contributed by atoms with Crippen LogP contribution in [0.15, 0.2) is 0 Å². The van der Waals surface area contributed by atoms with Gasteiger partial charge < -0.3 is 10.6 Å². The quantitative estimate of drug-likeness (QED) is 0.609. The zero-order chi connectivity index (χ0) is 13.2. The highest BCUT2D eigenvalue weighted by atomic mass is 16.2. The molecule has 106 valence electrons. The van der Waals surface area contributed by atoms with E-state index in [9.17, 15) is 4.79 Å². The summed E-state index contributed by atoms with van der Waals surface area (Å²) in [6.45, 7) is 4.75. The van der Waals surface area contributed by atoms with Crippen LogP contribution < -0.4 is 5.73 Å². The van der Waals surface area contributed by atoms with E-state index in [0.717, 1.165) is 19.5 Å². The van der Waals surface area contributed by atoms with Crippen LogP contribution in [0.3, 0.4) is 0 Å². The number of likely N-dealkylation sites (tertiary alicyclic amines) is 1. The number of rotatable bonds is 10. The van der Waals surface area contributed by atoms with Crippen LogP contribution in [0.1, 0.15) is 64.7 Å². The minimum atomic E-state index is 0.313. The molecule has 2 N–H and O–H groups in total. The summed E-state index contributed by atoms with van der Waals surface area (Å²) in [7, 11) is 0. The number of amides is 1. The number of unbranched alkanes of at least 4 members (excludes halogenated alkanes) is 7. The maximum atomic E-state index is 11.7. The molecule has 1 saturated heterocycles. The number of carbonyl (C=O) groups excluding carboxylic acids is 1. The van der Waals surface area contributed by atoms with Gasteiger partial charge >= 0.3 is 0 Å². The van der Waals surface area contributed by atoms with E-state index in [4.69, 9.17) is 5.73 Å². The van der Waals surface area contributed by atoms with E-state index >= 15 is 0 Å². The molecule has 1 atom stereocenters. The largest absolute Gasteiger partial charge is 0.342 e. The monoisotopic (exact) mass is 254 g/mol. The van der Waals surface area contributed by atoms with Gasteiger partial charge in [-0.25, -0.2) is 0 Å². The molecule has 1 amide bonds. The van der Waals surface area contributed by atoms with Gasteiger partial charge in [-0.05, 0) is 18.9 Å². The van der Waals surface area contributed by atoms with Crippen molar-refractivity contribution in [3.05, 3.63) is 0 Å². The molecule has 0 aromatic heterocycles. The maximum Gasteiger partial charge on any atom is 0.222 e. The van der Waals surface area contributed by atoms with Crippen molar-refractivity contribution >= 4 is 5.91 Å². The molecule has 1 rings (SSSR count). The van der Waals surface area contributed by atoms with E-state index in [2.05, 4.69) is 6.92 Å². The third-order valence-electron chi connectivity index (χ3n) is 3.91. The van der Waals surface area contributed by atoms with E-state index < -0.39 is 0 Å². The maximum absolute atomic E-state index is 11.7. The minimum absolute atomic E-state index is 0.313. The second-order valence-corrected chi connectivity index (χ2v) is 5.62. The Balaban J connectivity index is 1.93. The molecule has 0 bridgehead atoms. The first kappa shape index (κ1) is 15.5. The fourth-order valence-corrected chi connectivity index (χ4v) is 2.66. The van der Waals surface area contributed by atoms with Crippen LogP contribution in [0.5, 0.6) is 0 Å². The smallest absolute Gasteiger partial charge is 0.222 e. The van der Waals surface area contributed by atoms with E-state index in [0.29, 0.717) is 24.8 Å². The van der Waals surface area contributed by atoms with Gasteiger partial charge in [0.25, 0.3) is 0 Å². The van der Waals surface area contributed by atoms with Gasteiger partial charge in [0, 0.05) is 19.5 Å². The van der Waals surface area contributed by atoms with Gasteiger partial charge in [-0.3, -0.25) is 4.79 Å². The average molecular weight is 254 g/mol. The van der Waals surface area contributed by atoms with Crippen LogP contribution in [0.2, 0.25) is 0 Å². The molecule has 0 saturated carbocycles. The van der Waals surface area contributed by atoms with Crippen LogP contribution in [-0.4, -0.2) is 30.4 Å². The van der Waals surface area contributed by atoms with Crippen molar-refractivity contribution in [3.8, 4) is 0 Å². The molecule has 1 heterocycles. The molecular weight excluding hydrogens is 224 g/mol. The lowest BCUT2D eigenvalue weighted by Gasteiger charge is -2.16. The van der Waals surface area contributed by atoms with Gasteiger partial charge in [0.05, 0.1) is 0 Å². The Morgan fingerprint density at radius 1 is 1.11 bits per heavy atom. The Morgan fingerprint density at radius 2 is 1.72 bits per heavy atom. The van der Waals surface area contributed by atoms with Gasteiger partial charge in [-0.1, -0.05) is 51.9 Å². The molecule has 0 aliphatic carbocycles. The summed E-state index contributed by atoms with van der Waals surface area (Å²) in [4.78, 5) is 13.7. The third-order valence-corrected chi connectivity index (χ3v) is 3.91. The summed E-state index contributed by atoms with van der Waals surface area (Å²) >= 11 is 0. The Bertz CT molecular complexity index is 231. The Labute approximate surface area is 112 Å². The van der Waals surface area contributed by atoms with Crippen LogP contribution in [0, 0.1) is 5.92 Å². The van der Waals surface area contributed by atoms with Gasteiger partial charge in [0.15, 0.2) is 0 Å². The molecule has 0 aromatic carbocycles. The molecule has 0 spiro atoms. The van der Waals surface area contributed by atoms with Crippen molar-refractivity contribution in [2.24, 2.45) is 11.7 Å². The molecule has 3 nitrogen and oxygen atoms in total. The minimum Gasteiger partial charge on any atom is -0.342 e. The highest BCUT2D eigenvalue weighted by Gasteiger charge is 2.27. The number of nitrogens with zero attached hydrogens (tertiary/aromatic N) is 1. The number of hydrogen-bond acceptors (Lipinski definition) is 2. The van der Waals surface area contributed by atoms with E-state index in [-0.39, 0.29) is 0 Å². The Hall–Kier alpha value is -0.570. The fraction of sp³-hybridized carbons (Fsp3) is 0.933. The fourth-order valence-electron chi connectivity index (χ4n) is 2.66. The molecule has 3 heteroatoms. The molecular formula is C15H30N2O. The van der Waals surface area contributed by atoms with Crippen molar-refractivity contribution in [1.82, 2.24) is 4.90 Å². The predicted octanol–water partition coefficient (Wildman–Crippen LogP) is 2.93. The number of carbonyl (C=O) groups is 1. The summed E-state index contributed by atoms with van der Waals surface area (Å²) in [6, 6.07) is 0. The molecule has 0 aromatic rings. The van der Waals surface area contributed by atoms with Gasteiger partial charge in [0.2, 0.25) is 5.91 Å². The zero-order valence-electron chi connectivity index (χ0n) is 12.0. The second kappa shape index (κ2) is 9.37. The third kappa shape index (κ3) is 5.85. The van der Waals surface area contributed by atoms with Crippen LogP contribution in [-0.2, 0) is 4.79 Å². The molecule has 18 heavy (non-hydrogen) atoms. The molecule has 1 unspecified atom stereocenters. The number of hydrogen-bond donors (Lipinski definition) is 1. The summed E-state index contributed by atoms with van der Waals surface area (Å²) in [6.07, 6.45) is 11.3. The highest BCUT2D eigenvalue weighted by Crippen LogP contribution is 2.17. The number of nitrogens with two attached hydrogens (primary N) is 1. The molecule has 1 fully saturated rings. The average Bonchev–Trinajstić information content (AvgIpc) is 2.73. The van der Waals surface area contributed by atoms with E-state index in [1.807, 2.05) is 4.90 Å². The lowest BCUT2D eigenvalue weighted by Crippen LogP contribution is -2.27. The van der Waals surface area contributed by atoms with Gasteiger partial charge in [-0.2, -0.15) is 0 Å². The summed E-state index contributed by atoms with van der Waals surface area (Å²) in [5, 5.41) is 0. The first-order chi connectivity index (χ1) is 8.77. The van der Waals surface area contributed by atoms with Crippen molar-refractivity contribution < 1.29 is 4.79 Å². The Kier molecular flexibility index (Phi) is 8.06. The highest BCUT2D eigenvalue weighted by molar-refractivity contribution is 5.78.